The Morgan fingerprint density at radius 1 is 1.53 bits per heavy atom. The van der Waals surface area contributed by atoms with E-state index in [1.165, 1.54) is 0 Å². The van der Waals surface area contributed by atoms with Crippen LogP contribution in [0.25, 0.3) is 0 Å². The van der Waals surface area contributed by atoms with Gasteiger partial charge < -0.3 is 19.5 Å². The number of aromatic nitrogens is 2. The topological polar surface area (TPSA) is 132 Å². The van der Waals surface area contributed by atoms with Gasteiger partial charge >= 0.3 is 13.5 Å². The Labute approximate surface area is 195 Å². The van der Waals surface area contributed by atoms with Crippen molar-refractivity contribution in [2.75, 3.05) is 6.56 Å². The van der Waals surface area contributed by atoms with Crippen LogP contribution in [0.4, 0.5) is 4.39 Å². The van der Waals surface area contributed by atoms with Gasteiger partial charge in [-0.05, 0) is 19.4 Å². The van der Waals surface area contributed by atoms with Crippen LogP contribution in [0.5, 0.6) is 5.75 Å². The largest absolute Gasteiger partial charge is 0.530 e. The molecule has 0 bridgehead atoms. The molecule has 0 amide bonds. The Morgan fingerprint density at radius 3 is 2.97 bits per heavy atom. The molecule has 3 N–H and O–H groups in total. The molecule has 0 saturated carbocycles. The molecule has 5 atom stereocenters. The van der Waals surface area contributed by atoms with Gasteiger partial charge in [0.05, 0.1) is 15.7 Å². The highest BCUT2D eigenvalue weighted by atomic mass is 35.5. The van der Waals surface area contributed by atoms with Gasteiger partial charge in [-0.1, -0.05) is 41.5 Å². The second-order valence-electron chi connectivity index (χ2n) is 7.16. The minimum Gasteiger partial charge on any atom is -0.403 e. The predicted octanol–water partition coefficient (Wildman–Crippen LogP) is 2.83. The van der Waals surface area contributed by atoms with Crippen molar-refractivity contribution in [2.45, 2.75) is 44.7 Å². The van der Waals surface area contributed by atoms with Gasteiger partial charge in [0.2, 0.25) is 0 Å². The summed E-state index contributed by atoms with van der Waals surface area (Å²) in [7, 11) is -4.85. The maximum absolute atomic E-state index is 15.9. The number of halogens is 2. The van der Waals surface area contributed by atoms with Crippen molar-refractivity contribution in [3.8, 4) is 5.75 Å². The average molecular weight is 512 g/mol. The molecule has 1 fully saturated rings. The van der Waals surface area contributed by atoms with Crippen molar-refractivity contribution < 1.29 is 41.6 Å². The molecular formula is C18H19ClFN2O8PS. The zero-order valence-electron chi connectivity index (χ0n) is 19.5. The maximum atomic E-state index is 15.9. The quantitative estimate of drug-likeness (QED) is 0.418. The van der Waals surface area contributed by atoms with Gasteiger partial charge in [0.15, 0.2) is 6.20 Å². The first-order valence-corrected chi connectivity index (χ1v) is 11.3. The SMILES string of the molecule is [2H]C([2H])(OP1(=O)OCc2cc(C)cc(C)c2O1)[C@@]1(F)O[C@@]([2H])(n2cc(Cl)c(=S)[nH]c2=O)[C@H](O)[C@@H]1O. The fourth-order valence-electron chi connectivity index (χ4n) is 3.23. The summed E-state index contributed by atoms with van der Waals surface area (Å²) in [5.74, 6) is -3.96. The molecule has 1 saturated heterocycles. The molecular weight excluding hydrogens is 490 g/mol. The monoisotopic (exact) mass is 511 g/mol. The number of hydrogen-bond donors (Lipinski definition) is 3. The number of aliphatic hydroxyl groups excluding tert-OH is 2. The lowest BCUT2D eigenvalue weighted by atomic mass is 10.1. The van der Waals surface area contributed by atoms with Gasteiger partial charge in [0.25, 0.3) is 5.85 Å². The fourth-order valence-corrected chi connectivity index (χ4v) is 4.67. The van der Waals surface area contributed by atoms with Crippen LogP contribution in [0, 0.1) is 18.5 Å². The van der Waals surface area contributed by atoms with Crippen LogP contribution in [-0.4, -0.2) is 44.4 Å². The number of phosphoric acid groups is 1. The molecule has 1 unspecified atom stereocenters. The van der Waals surface area contributed by atoms with Crippen molar-refractivity contribution in [3.05, 3.63) is 55.2 Å². The van der Waals surface area contributed by atoms with Crippen molar-refractivity contribution >= 4 is 31.6 Å². The average Bonchev–Trinajstić information content (AvgIpc) is 2.93. The summed E-state index contributed by atoms with van der Waals surface area (Å²) in [6, 6.07) is 3.38. The summed E-state index contributed by atoms with van der Waals surface area (Å²) in [4.78, 5) is 14.4. The number of nitrogens with zero attached hydrogens (tertiary/aromatic N) is 1. The summed E-state index contributed by atoms with van der Waals surface area (Å²) in [5, 5.41) is 20.5. The molecule has 0 aliphatic carbocycles. The number of H-pyrrole nitrogens is 1. The molecule has 3 heterocycles. The third-order valence-electron chi connectivity index (χ3n) is 4.70. The van der Waals surface area contributed by atoms with Crippen LogP contribution in [0.2, 0.25) is 5.02 Å². The van der Waals surface area contributed by atoms with Crippen LogP contribution < -0.4 is 10.2 Å². The van der Waals surface area contributed by atoms with E-state index in [0.29, 0.717) is 11.1 Å². The van der Waals surface area contributed by atoms with Crippen molar-refractivity contribution in [2.24, 2.45) is 0 Å². The van der Waals surface area contributed by atoms with Crippen molar-refractivity contribution in [1.29, 1.82) is 0 Å². The molecule has 10 nitrogen and oxygen atoms in total. The van der Waals surface area contributed by atoms with Gasteiger partial charge in [-0.3, -0.25) is 18.6 Å². The second kappa shape index (κ2) is 8.30. The lowest BCUT2D eigenvalue weighted by molar-refractivity contribution is -0.205. The van der Waals surface area contributed by atoms with Crippen LogP contribution in [-0.2, 0) is 25.0 Å². The molecule has 1 aromatic carbocycles. The fraction of sp³-hybridized carbons (Fsp3) is 0.444. The number of benzene rings is 1. The molecule has 14 heteroatoms. The highest BCUT2D eigenvalue weighted by Crippen LogP contribution is 2.56. The minimum absolute atomic E-state index is 0.0809. The highest BCUT2D eigenvalue weighted by Gasteiger charge is 2.57. The number of hydrogen-bond acceptors (Lipinski definition) is 9. The molecule has 0 spiro atoms. The van der Waals surface area contributed by atoms with Gasteiger partial charge in [-0.15, -0.1) is 0 Å². The lowest BCUT2D eigenvalue weighted by Crippen LogP contribution is -2.43. The molecule has 174 valence electrons. The summed E-state index contributed by atoms with van der Waals surface area (Å²) < 4.78 is 73.4. The number of aryl methyl sites for hydroxylation is 2. The van der Waals surface area contributed by atoms with E-state index in [1.807, 2.05) is 0 Å². The number of rotatable bonds is 4. The normalized spacial score (nSPS) is 36.0. The summed E-state index contributed by atoms with van der Waals surface area (Å²) in [6.07, 6.45) is -7.76. The highest BCUT2D eigenvalue weighted by molar-refractivity contribution is 7.71. The van der Waals surface area contributed by atoms with Gasteiger partial charge in [-0.25, -0.2) is 13.8 Å². The number of nitrogens with one attached hydrogen (secondary N) is 1. The maximum Gasteiger partial charge on any atom is 0.530 e. The van der Waals surface area contributed by atoms with Crippen molar-refractivity contribution in [3.63, 3.8) is 0 Å². The van der Waals surface area contributed by atoms with E-state index in [9.17, 15) is 19.6 Å². The number of phosphoric ester groups is 1. The number of alkyl halides is 1. The van der Waals surface area contributed by atoms with E-state index in [1.54, 1.807) is 26.0 Å². The number of fused-ring (bicyclic) bond motifs is 1. The van der Waals surface area contributed by atoms with E-state index in [0.717, 1.165) is 11.8 Å². The molecule has 1 aromatic heterocycles. The van der Waals surface area contributed by atoms with Crippen molar-refractivity contribution in [1.82, 2.24) is 9.55 Å². The first-order valence-electron chi connectivity index (χ1n) is 10.6. The third-order valence-corrected chi connectivity index (χ3v) is 6.58. The van der Waals surface area contributed by atoms with Crippen LogP contribution in [0.3, 0.4) is 0 Å². The standard InChI is InChI=1S/C18H19ClFN2O8PS/c1-8-3-9(2)13-10(4-8)6-27-31(26,30-13)28-7-18(20)14(24)12(23)16(29-18)22-5-11(19)15(32)21-17(22)25/h3-5,12,14,16,23-24H,6-7H2,1-2H3,(H,21,25,32)/t12-,14+,16-,18-,31?/m1/s1/i7D2,16D. The Morgan fingerprint density at radius 2 is 2.25 bits per heavy atom. The van der Waals surface area contributed by atoms with Crippen LogP contribution >= 0.6 is 31.6 Å². The van der Waals surface area contributed by atoms with E-state index in [2.05, 4.69) is 4.98 Å². The Balaban J connectivity index is 1.68. The zero-order valence-corrected chi connectivity index (χ0v) is 19.0. The summed E-state index contributed by atoms with van der Waals surface area (Å²) >= 11 is 10.6. The molecule has 2 aliphatic rings. The summed E-state index contributed by atoms with van der Waals surface area (Å²) in [6.45, 7) is -0.721. The summed E-state index contributed by atoms with van der Waals surface area (Å²) in [5.41, 5.74) is 0.686. The van der Waals surface area contributed by atoms with Crippen LogP contribution in [0.15, 0.2) is 23.1 Å². The van der Waals surface area contributed by atoms with Gasteiger partial charge in [-0.2, -0.15) is 0 Å². The molecule has 32 heavy (non-hydrogen) atoms. The molecule has 4 rings (SSSR count). The predicted molar refractivity (Wildman–Crippen MR) is 112 cm³/mol. The third kappa shape index (κ3) is 4.17. The zero-order chi connectivity index (χ0) is 26.1. The van der Waals surface area contributed by atoms with Crippen LogP contribution in [0.1, 0.15) is 27.0 Å². The number of aromatic amines is 1. The lowest BCUT2D eigenvalue weighted by Gasteiger charge is -2.29. The number of ether oxygens (including phenoxy) is 1. The molecule has 2 aromatic rings. The molecule has 0 radical (unpaired) electrons. The Kier molecular flexibility index (Phi) is 5.14. The second-order valence-corrected chi connectivity index (χ2v) is 9.49. The smallest absolute Gasteiger partial charge is 0.403 e. The van der Waals surface area contributed by atoms with E-state index in [4.69, 9.17) is 46.2 Å². The first kappa shape index (κ1) is 19.8. The number of aliphatic hydroxyl groups is 2. The van der Waals surface area contributed by atoms with E-state index >= 15 is 4.39 Å². The minimum atomic E-state index is -4.85. The Hall–Kier alpha value is -1.63. The van der Waals surface area contributed by atoms with E-state index < -0.39 is 44.3 Å². The molecule has 2 aliphatic heterocycles. The van der Waals surface area contributed by atoms with Gasteiger partial charge in [0.1, 0.15) is 29.2 Å². The first-order chi connectivity index (χ1) is 16.0. The van der Waals surface area contributed by atoms with Gasteiger partial charge in [0, 0.05) is 11.8 Å². The van der Waals surface area contributed by atoms with E-state index in [-0.39, 0.29) is 26.6 Å². The Bertz CT molecular complexity index is 1380.